The Bertz CT molecular complexity index is 907. The fourth-order valence-electron chi connectivity index (χ4n) is 5.36. The van der Waals surface area contributed by atoms with Crippen LogP contribution < -0.4 is 0 Å². The lowest BCUT2D eigenvalue weighted by atomic mass is 9.89. The van der Waals surface area contributed by atoms with Crippen LogP contribution >= 0.6 is 0 Å². The van der Waals surface area contributed by atoms with Gasteiger partial charge in [-0.3, -0.25) is 4.79 Å². The summed E-state index contributed by atoms with van der Waals surface area (Å²) in [6.07, 6.45) is 10.7. The van der Waals surface area contributed by atoms with Crippen molar-refractivity contribution in [3.05, 3.63) is 59.7 Å². The fourth-order valence-corrected chi connectivity index (χ4v) is 5.36. The van der Waals surface area contributed by atoms with E-state index >= 15 is 0 Å². The molecule has 2 aliphatic rings. The Balaban J connectivity index is 1.43. The van der Waals surface area contributed by atoms with Crippen LogP contribution in [0.25, 0.3) is 0 Å². The van der Waals surface area contributed by atoms with Gasteiger partial charge in [0.2, 0.25) is 0 Å². The number of carbonyl (C=O) groups excluding carboxylic acids is 1. The number of aliphatic hydroxyl groups is 2. The summed E-state index contributed by atoms with van der Waals surface area (Å²) in [5.74, 6) is 6.88. The summed E-state index contributed by atoms with van der Waals surface area (Å²) >= 11 is 0. The molecule has 7 atom stereocenters. The van der Waals surface area contributed by atoms with Crippen LogP contribution in [-0.2, 0) is 9.53 Å². The van der Waals surface area contributed by atoms with Gasteiger partial charge in [-0.1, -0.05) is 61.1 Å². The van der Waals surface area contributed by atoms with E-state index in [1.807, 2.05) is 63.3 Å². The Morgan fingerprint density at radius 2 is 2.00 bits per heavy atom. The molecule has 184 valence electrons. The van der Waals surface area contributed by atoms with Crippen LogP contribution in [0.3, 0.4) is 0 Å². The normalized spacial score (nSPS) is 27.7. The summed E-state index contributed by atoms with van der Waals surface area (Å²) in [5.41, 5.74) is 2.45. The first-order valence-electron chi connectivity index (χ1n) is 12.8. The van der Waals surface area contributed by atoms with Gasteiger partial charge in [0, 0.05) is 18.8 Å². The standard InChI is InChI=1S/C30H40O4/c1-4-5-11-21(2)28(31)17-16-26-27-19-23(18-25(27)20-29(26)32)12-9-10-15-30(33)34-22(3)24-13-7-6-8-14-24/h6-8,12-14,16-17,21-22,25-29,31-32H,9-11,15,18-20H2,1-3H3/t21-,22?,25-,26+,27-,28+,29+/m0/s1. The second-order valence-electron chi connectivity index (χ2n) is 9.99. The predicted octanol–water partition coefficient (Wildman–Crippen LogP) is 5.76. The Kier molecular flexibility index (Phi) is 9.99. The topological polar surface area (TPSA) is 66.8 Å². The minimum atomic E-state index is -0.534. The molecule has 3 rings (SSSR count). The zero-order valence-electron chi connectivity index (χ0n) is 20.8. The van der Waals surface area contributed by atoms with Gasteiger partial charge in [-0.15, -0.1) is 11.8 Å². The van der Waals surface area contributed by atoms with Gasteiger partial charge in [-0.05, 0) is 69.3 Å². The van der Waals surface area contributed by atoms with Crippen molar-refractivity contribution in [2.24, 2.45) is 23.7 Å². The lowest BCUT2D eigenvalue weighted by Crippen LogP contribution is -2.19. The molecule has 2 aliphatic carbocycles. The smallest absolute Gasteiger partial charge is 0.306 e. The van der Waals surface area contributed by atoms with Crippen molar-refractivity contribution in [3.63, 3.8) is 0 Å². The summed E-state index contributed by atoms with van der Waals surface area (Å²) in [6.45, 7) is 5.72. The van der Waals surface area contributed by atoms with E-state index in [1.54, 1.807) is 0 Å². The third kappa shape index (κ3) is 7.32. The highest BCUT2D eigenvalue weighted by atomic mass is 16.5. The number of aliphatic hydroxyl groups excluding tert-OH is 2. The third-order valence-corrected chi connectivity index (χ3v) is 7.42. The zero-order valence-corrected chi connectivity index (χ0v) is 20.8. The molecule has 1 unspecified atom stereocenters. The maximum atomic E-state index is 12.2. The van der Waals surface area contributed by atoms with Gasteiger partial charge in [0.05, 0.1) is 12.2 Å². The SMILES string of the molecule is CC#CC[C@H](C)[C@H](O)C=C[C@@H]1[C@H]2CC(=CCCCC(=O)OC(C)c3ccccc3)C[C@H]2C[C@H]1O. The van der Waals surface area contributed by atoms with Crippen molar-refractivity contribution in [2.75, 3.05) is 0 Å². The molecule has 0 aromatic heterocycles. The summed E-state index contributed by atoms with van der Waals surface area (Å²) in [5, 5.41) is 21.0. The first-order chi connectivity index (χ1) is 16.4. The van der Waals surface area contributed by atoms with E-state index in [0.29, 0.717) is 24.7 Å². The van der Waals surface area contributed by atoms with Crippen LogP contribution in [0.5, 0.6) is 0 Å². The molecule has 0 amide bonds. The molecule has 2 fully saturated rings. The monoisotopic (exact) mass is 464 g/mol. The second-order valence-corrected chi connectivity index (χ2v) is 9.99. The van der Waals surface area contributed by atoms with Gasteiger partial charge in [-0.2, -0.15) is 0 Å². The van der Waals surface area contributed by atoms with Crippen molar-refractivity contribution < 1.29 is 19.7 Å². The summed E-state index contributed by atoms with van der Waals surface area (Å²) in [7, 11) is 0. The summed E-state index contributed by atoms with van der Waals surface area (Å²) in [6, 6.07) is 9.81. The number of allylic oxidation sites excluding steroid dienone is 2. The van der Waals surface area contributed by atoms with Crippen LogP contribution in [0.2, 0.25) is 0 Å². The largest absolute Gasteiger partial charge is 0.458 e. The van der Waals surface area contributed by atoms with Gasteiger partial charge in [-0.25, -0.2) is 0 Å². The zero-order chi connectivity index (χ0) is 24.5. The molecular weight excluding hydrogens is 424 g/mol. The maximum absolute atomic E-state index is 12.2. The van der Waals surface area contributed by atoms with Gasteiger partial charge in [0.1, 0.15) is 6.10 Å². The molecule has 2 saturated carbocycles. The molecule has 4 nitrogen and oxygen atoms in total. The molecule has 0 saturated heterocycles. The van der Waals surface area contributed by atoms with E-state index in [2.05, 4.69) is 17.9 Å². The van der Waals surface area contributed by atoms with Crippen LogP contribution in [0.4, 0.5) is 0 Å². The van der Waals surface area contributed by atoms with Gasteiger partial charge in [0.25, 0.3) is 0 Å². The molecule has 0 aliphatic heterocycles. The molecule has 0 radical (unpaired) electrons. The van der Waals surface area contributed by atoms with Crippen molar-refractivity contribution >= 4 is 5.97 Å². The molecule has 4 heteroatoms. The Labute approximate surface area is 205 Å². The number of benzene rings is 1. The number of hydrogen-bond acceptors (Lipinski definition) is 4. The molecule has 0 heterocycles. The van der Waals surface area contributed by atoms with Gasteiger partial charge < -0.3 is 14.9 Å². The van der Waals surface area contributed by atoms with Crippen LogP contribution in [-0.4, -0.2) is 28.4 Å². The minimum absolute atomic E-state index is 0.0828. The highest BCUT2D eigenvalue weighted by Gasteiger charge is 2.45. The van der Waals surface area contributed by atoms with Crippen molar-refractivity contribution in [1.29, 1.82) is 0 Å². The maximum Gasteiger partial charge on any atom is 0.306 e. The third-order valence-electron chi connectivity index (χ3n) is 7.42. The quantitative estimate of drug-likeness (QED) is 0.200. The molecule has 2 N–H and O–H groups in total. The van der Waals surface area contributed by atoms with Crippen molar-refractivity contribution in [3.8, 4) is 11.8 Å². The molecule has 34 heavy (non-hydrogen) atoms. The van der Waals surface area contributed by atoms with E-state index in [1.165, 1.54) is 5.57 Å². The molecule has 1 aromatic carbocycles. The van der Waals surface area contributed by atoms with E-state index in [-0.39, 0.29) is 30.0 Å². The number of fused-ring (bicyclic) bond motifs is 1. The summed E-state index contributed by atoms with van der Waals surface area (Å²) in [4.78, 5) is 12.2. The van der Waals surface area contributed by atoms with Crippen molar-refractivity contribution in [2.45, 2.75) is 84.0 Å². The Hall–Kier alpha value is -2.35. The summed E-state index contributed by atoms with van der Waals surface area (Å²) < 4.78 is 5.56. The van der Waals surface area contributed by atoms with E-state index in [0.717, 1.165) is 37.7 Å². The number of unbranched alkanes of at least 4 members (excludes halogenated alkanes) is 1. The lowest BCUT2D eigenvalue weighted by Gasteiger charge is -2.19. The first-order valence-corrected chi connectivity index (χ1v) is 12.8. The Morgan fingerprint density at radius 3 is 2.74 bits per heavy atom. The van der Waals surface area contributed by atoms with E-state index < -0.39 is 6.10 Å². The van der Waals surface area contributed by atoms with Crippen molar-refractivity contribution in [1.82, 2.24) is 0 Å². The van der Waals surface area contributed by atoms with Gasteiger partial charge >= 0.3 is 5.97 Å². The molecule has 1 aromatic rings. The Morgan fingerprint density at radius 1 is 1.24 bits per heavy atom. The molecular formula is C30H40O4. The number of rotatable bonds is 10. The highest BCUT2D eigenvalue weighted by molar-refractivity contribution is 5.69. The molecule has 0 bridgehead atoms. The number of esters is 1. The average Bonchev–Trinajstić information content (AvgIpc) is 3.35. The van der Waals surface area contributed by atoms with Crippen LogP contribution in [0, 0.1) is 35.5 Å². The van der Waals surface area contributed by atoms with E-state index in [9.17, 15) is 15.0 Å². The average molecular weight is 465 g/mol. The predicted molar refractivity (Wildman–Crippen MR) is 136 cm³/mol. The highest BCUT2D eigenvalue weighted by Crippen LogP contribution is 2.50. The minimum Gasteiger partial charge on any atom is -0.458 e. The number of ether oxygens (including phenoxy) is 1. The van der Waals surface area contributed by atoms with Crippen LogP contribution in [0.1, 0.15) is 77.4 Å². The second kappa shape index (κ2) is 12.9. The molecule has 0 spiro atoms. The number of carbonyl (C=O) groups is 1. The van der Waals surface area contributed by atoms with Crippen LogP contribution in [0.15, 0.2) is 54.1 Å². The fraction of sp³-hybridized carbons (Fsp3) is 0.567. The lowest BCUT2D eigenvalue weighted by molar-refractivity contribution is -0.148. The number of hydrogen-bond donors (Lipinski definition) is 2. The van der Waals surface area contributed by atoms with E-state index in [4.69, 9.17) is 4.74 Å². The van der Waals surface area contributed by atoms with Gasteiger partial charge in [0.15, 0.2) is 0 Å². The first kappa shape index (κ1) is 26.3.